The van der Waals surface area contributed by atoms with Crippen LogP contribution in [0, 0.1) is 11.7 Å². The van der Waals surface area contributed by atoms with Gasteiger partial charge in [0.1, 0.15) is 5.82 Å². The van der Waals surface area contributed by atoms with Crippen LogP contribution < -0.4 is 0 Å². The lowest BCUT2D eigenvalue weighted by atomic mass is 9.73. The molecule has 3 saturated heterocycles. The summed E-state index contributed by atoms with van der Waals surface area (Å²) < 4.78 is 31.0. The summed E-state index contributed by atoms with van der Waals surface area (Å²) in [5.74, 6) is -0.805. The van der Waals surface area contributed by atoms with Gasteiger partial charge in [-0.3, -0.25) is 0 Å². The van der Waals surface area contributed by atoms with Crippen molar-refractivity contribution in [3.05, 3.63) is 71.0 Å². The fourth-order valence-electron chi connectivity index (χ4n) is 5.22. The number of hydrogen-bond donors (Lipinski definition) is 0. The monoisotopic (exact) mass is 428 g/mol. The van der Waals surface area contributed by atoms with Crippen LogP contribution >= 0.6 is 0 Å². The molecule has 3 heterocycles. The topological polar surface area (TPSA) is 46.2 Å². The molecule has 0 N–H and O–H groups in total. The third-order valence-corrected chi connectivity index (χ3v) is 6.97. The number of methoxy groups -OCH3 is 1. The van der Waals surface area contributed by atoms with E-state index in [0.717, 1.165) is 48.8 Å². The van der Waals surface area contributed by atoms with Crippen molar-refractivity contribution >= 4 is 0 Å². The van der Waals surface area contributed by atoms with E-state index < -0.39 is 17.7 Å². The van der Waals surface area contributed by atoms with Gasteiger partial charge in [-0.2, -0.15) is 4.89 Å². The van der Waals surface area contributed by atoms with Crippen molar-refractivity contribution in [3.63, 3.8) is 0 Å². The fourth-order valence-corrected chi connectivity index (χ4v) is 5.22. The van der Waals surface area contributed by atoms with Crippen LogP contribution in [0.1, 0.15) is 55.2 Å². The second-order valence-corrected chi connectivity index (χ2v) is 8.86. The first-order valence-electron chi connectivity index (χ1n) is 11.1. The van der Waals surface area contributed by atoms with Crippen LogP contribution in [0.3, 0.4) is 0 Å². The second-order valence-electron chi connectivity index (χ2n) is 8.86. The summed E-state index contributed by atoms with van der Waals surface area (Å²) in [6.45, 7) is 0.903. The minimum absolute atomic E-state index is 0.241. The molecule has 2 aromatic rings. The van der Waals surface area contributed by atoms with Crippen LogP contribution in [0.5, 0.6) is 0 Å². The highest BCUT2D eigenvalue weighted by Crippen LogP contribution is 2.55. The molecule has 1 spiro atoms. The molecule has 1 aliphatic carbocycles. The Morgan fingerprint density at radius 2 is 1.61 bits per heavy atom. The van der Waals surface area contributed by atoms with Gasteiger partial charge in [-0.1, -0.05) is 49.2 Å². The van der Waals surface area contributed by atoms with E-state index >= 15 is 0 Å². The molecule has 166 valence electrons. The highest BCUT2D eigenvalue weighted by atomic mass is 19.1. The first-order valence-corrected chi connectivity index (χ1v) is 11.1. The molecule has 2 bridgehead atoms. The third-order valence-electron chi connectivity index (χ3n) is 6.97. The van der Waals surface area contributed by atoms with Crippen molar-refractivity contribution in [1.82, 2.24) is 0 Å². The zero-order valence-corrected chi connectivity index (χ0v) is 17.8. The average molecular weight is 429 g/mol. The standard InChI is InChI=1S/C25H29FO5/c1-27-23-24-14-3-2-4-20(24)13-15-25(29-23,31-30-24)21-9-5-18(6-10-21)16-28-17-19-7-11-22(26)12-8-19/h5-12,20,23H,2-4,13-17H2,1H3/t20-,23?,24+,25+/m1/s1. The molecule has 6 rings (SSSR count). The molecular formula is C25H29FO5. The molecule has 6 heteroatoms. The molecule has 4 aliphatic rings. The number of hydrogen-bond acceptors (Lipinski definition) is 5. The summed E-state index contributed by atoms with van der Waals surface area (Å²) in [5, 5.41) is 0. The molecule has 1 saturated carbocycles. The SMILES string of the molecule is COC1O[C@@]2(c3ccc(COCc4ccc(F)cc4)cc3)CC[C@H]3CCCC[C@@]13OO2. The van der Waals surface area contributed by atoms with Gasteiger partial charge < -0.3 is 14.2 Å². The molecule has 2 aromatic carbocycles. The predicted octanol–water partition coefficient (Wildman–Crippen LogP) is 5.37. The Labute approximate surface area is 182 Å². The van der Waals surface area contributed by atoms with E-state index in [4.69, 9.17) is 24.0 Å². The van der Waals surface area contributed by atoms with Gasteiger partial charge in [0.15, 0.2) is 11.9 Å². The minimum Gasteiger partial charge on any atom is -0.372 e. The number of rotatable bonds is 6. The maximum absolute atomic E-state index is 13.0. The summed E-state index contributed by atoms with van der Waals surface area (Å²) in [5.41, 5.74) is 2.41. The predicted molar refractivity (Wildman–Crippen MR) is 111 cm³/mol. The van der Waals surface area contributed by atoms with Crippen molar-refractivity contribution in [1.29, 1.82) is 0 Å². The molecule has 31 heavy (non-hydrogen) atoms. The third kappa shape index (κ3) is 3.92. The summed E-state index contributed by atoms with van der Waals surface area (Å²) in [4.78, 5) is 12.1. The maximum atomic E-state index is 13.0. The van der Waals surface area contributed by atoms with E-state index in [-0.39, 0.29) is 5.82 Å². The molecular weight excluding hydrogens is 399 g/mol. The van der Waals surface area contributed by atoms with Gasteiger partial charge in [0.2, 0.25) is 5.79 Å². The molecule has 3 aliphatic heterocycles. The van der Waals surface area contributed by atoms with Gasteiger partial charge in [0, 0.05) is 19.1 Å². The van der Waals surface area contributed by atoms with E-state index in [9.17, 15) is 4.39 Å². The summed E-state index contributed by atoms with van der Waals surface area (Å²) in [7, 11) is 1.68. The van der Waals surface area contributed by atoms with E-state index in [1.54, 1.807) is 19.2 Å². The first-order chi connectivity index (χ1) is 15.1. The van der Waals surface area contributed by atoms with Gasteiger partial charge in [-0.15, -0.1) is 0 Å². The molecule has 0 amide bonds. The maximum Gasteiger partial charge on any atom is 0.230 e. The Balaban J connectivity index is 1.27. The largest absolute Gasteiger partial charge is 0.372 e. The van der Waals surface area contributed by atoms with Crippen molar-refractivity contribution in [3.8, 4) is 0 Å². The highest BCUT2D eigenvalue weighted by molar-refractivity contribution is 5.27. The normalized spacial score (nSPS) is 32.5. The van der Waals surface area contributed by atoms with Crippen molar-refractivity contribution < 1.29 is 28.4 Å². The Morgan fingerprint density at radius 3 is 2.32 bits per heavy atom. The van der Waals surface area contributed by atoms with E-state index in [1.807, 2.05) is 24.3 Å². The number of ether oxygens (including phenoxy) is 3. The first kappa shape index (κ1) is 21.0. The van der Waals surface area contributed by atoms with Gasteiger partial charge in [-0.25, -0.2) is 9.28 Å². The van der Waals surface area contributed by atoms with E-state index in [0.29, 0.717) is 19.1 Å². The lowest BCUT2D eigenvalue weighted by molar-refractivity contribution is -0.558. The van der Waals surface area contributed by atoms with Crippen molar-refractivity contribution in [2.45, 2.75) is 69.4 Å². The molecule has 1 unspecified atom stereocenters. The zero-order chi connectivity index (χ0) is 21.3. The van der Waals surface area contributed by atoms with Crippen molar-refractivity contribution in [2.24, 2.45) is 5.92 Å². The lowest BCUT2D eigenvalue weighted by Crippen LogP contribution is -2.59. The van der Waals surface area contributed by atoms with Crippen LogP contribution in [-0.2, 0) is 43.0 Å². The van der Waals surface area contributed by atoms with Crippen LogP contribution in [0.25, 0.3) is 0 Å². The van der Waals surface area contributed by atoms with Crippen LogP contribution in [0.2, 0.25) is 0 Å². The van der Waals surface area contributed by atoms with Gasteiger partial charge in [0.05, 0.1) is 13.2 Å². The molecule has 0 aromatic heterocycles. The summed E-state index contributed by atoms with van der Waals surface area (Å²) in [6, 6.07) is 14.4. The quantitative estimate of drug-likeness (QED) is 0.579. The Bertz CT molecular complexity index is 882. The van der Waals surface area contributed by atoms with Crippen LogP contribution in [0.15, 0.2) is 48.5 Å². The molecule has 5 nitrogen and oxygen atoms in total. The Hall–Kier alpha value is -1.83. The van der Waals surface area contributed by atoms with E-state index in [2.05, 4.69) is 0 Å². The average Bonchev–Trinajstić information content (AvgIpc) is 3.07. The second kappa shape index (κ2) is 8.60. The Kier molecular flexibility index (Phi) is 5.84. The molecule has 4 atom stereocenters. The van der Waals surface area contributed by atoms with E-state index in [1.165, 1.54) is 18.6 Å². The van der Waals surface area contributed by atoms with Gasteiger partial charge >= 0.3 is 0 Å². The Morgan fingerprint density at radius 1 is 0.903 bits per heavy atom. The van der Waals surface area contributed by atoms with Gasteiger partial charge in [0.25, 0.3) is 0 Å². The highest BCUT2D eigenvalue weighted by Gasteiger charge is 2.61. The fraction of sp³-hybridized carbons (Fsp3) is 0.520. The van der Waals surface area contributed by atoms with Gasteiger partial charge in [-0.05, 0) is 48.4 Å². The van der Waals surface area contributed by atoms with Crippen molar-refractivity contribution in [2.75, 3.05) is 7.11 Å². The summed E-state index contributed by atoms with van der Waals surface area (Å²) >= 11 is 0. The van der Waals surface area contributed by atoms with Crippen LogP contribution in [-0.4, -0.2) is 19.0 Å². The minimum atomic E-state index is -0.948. The number of fused-ring (bicyclic) bond motifs is 3. The lowest BCUT2D eigenvalue weighted by Gasteiger charge is -2.49. The molecule has 4 fully saturated rings. The zero-order valence-electron chi connectivity index (χ0n) is 17.8. The number of halogens is 1. The molecule has 0 radical (unpaired) electrons. The summed E-state index contributed by atoms with van der Waals surface area (Å²) in [6.07, 6.45) is 5.62. The van der Waals surface area contributed by atoms with Crippen LogP contribution in [0.4, 0.5) is 4.39 Å². The number of benzene rings is 2. The smallest absolute Gasteiger partial charge is 0.230 e.